The summed E-state index contributed by atoms with van der Waals surface area (Å²) in [6.07, 6.45) is 3.96. The lowest BCUT2D eigenvalue weighted by Gasteiger charge is -1.96. The Morgan fingerprint density at radius 1 is 1.46 bits per heavy atom. The molecule has 0 bridgehead atoms. The molecule has 0 aliphatic rings. The summed E-state index contributed by atoms with van der Waals surface area (Å²) in [5, 5.41) is 8.51. The highest BCUT2D eigenvalue weighted by molar-refractivity contribution is 9.10. The number of halogens is 2. The first kappa shape index (κ1) is 10.4. The Bertz CT molecular complexity index is 310. The van der Waals surface area contributed by atoms with Gasteiger partial charge in [-0.15, -0.1) is 0 Å². The summed E-state index contributed by atoms with van der Waals surface area (Å²) in [6, 6.07) is 4.88. The smallest absolute Gasteiger partial charge is 0.131 e. The Morgan fingerprint density at radius 3 is 2.85 bits per heavy atom. The van der Waals surface area contributed by atoms with E-state index in [1.807, 2.05) is 0 Å². The van der Waals surface area contributed by atoms with Crippen molar-refractivity contribution >= 4 is 22.0 Å². The molecule has 0 aromatic heterocycles. The standard InChI is InChI=1S/C10H10BrFO/c11-9-5-4-8(10(12)7-9)3-1-2-6-13/h1,3-5,7,13H,2,6H2. The van der Waals surface area contributed by atoms with Crippen LogP contribution in [-0.4, -0.2) is 11.7 Å². The zero-order valence-electron chi connectivity index (χ0n) is 7.00. The Labute approximate surface area is 85.0 Å². The van der Waals surface area contributed by atoms with E-state index in [2.05, 4.69) is 15.9 Å². The van der Waals surface area contributed by atoms with Gasteiger partial charge in [-0.1, -0.05) is 34.1 Å². The molecule has 1 rings (SSSR count). The second-order valence-corrected chi connectivity index (χ2v) is 3.50. The maximum absolute atomic E-state index is 13.1. The molecule has 3 heteroatoms. The molecule has 0 saturated heterocycles. The Kier molecular flexibility index (Phi) is 4.12. The van der Waals surface area contributed by atoms with Crippen LogP contribution in [0.3, 0.4) is 0 Å². The van der Waals surface area contributed by atoms with Crippen LogP contribution in [0.25, 0.3) is 6.08 Å². The Balaban J connectivity index is 2.77. The van der Waals surface area contributed by atoms with Gasteiger partial charge in [0.15, 0.2) is 0 Å². The number of benzene rings is 1. The van der Waals surface area contributed by atoms with Crippen LogP contribution in [-0.2, 0) is 0 Å². The third kappa shape index (κ3) is 3.28. The highest BCUT2D eigenvalue weighted by atomic mass is 79.9. The lowest BCUT2D eigenvalue weighted by atomic mass is 10.2. The molecule has 0 atom stereocenters. The molecule has 0 heterocycles. The fourth-order valence-corrected chi connectivity index (χ4v) is 1.25. The van der Waals surface area contributed by atoms with Crippen molar-refractivity contribution in [2.75, 3.05) is 6.61 Å². The third-order valence-corrected chi connectivity index (χ3v) is 2.05. The van der Waals surface area contributed by atoms with Crippen LogP contribution in [0.4, 0.5) is 4.39 Å². The van der Waals surface area contributed by atoms with Gasteiger partial charge in [0.2, 0.25) is 0 Å². The minimum Gasteiger partial charge on any atom is -0.396 e. The molecule has 1 aromatic rings. The zero-order valence-corrected chi connectivity index (χ0v) is 8.59. The lowest BCUT2D eigenvalue weighted by Crippen LogP contribution is -1.82. The Morgan fingerprint density at radius 2 is 2.23 bits per heavy atom. The van der Waals surface area contributed by atoms with Crippen LogP contribution in [0.15, 0.2) is 28.7 Å². The predicted octanol–water partition coefficient (Wildman–Crippen LogP) is 2.98. The molecule has 1 aromatic carbocycles. The number of rotatable bonds is 3. The average molecular weight is 245 g/mol. The molecule has 0 amide bonds. The van der Waals surface area contributed by atoms with E-state index in [-0.39, 0.29) is 12.4 Å². The molecular formula is C10H10BrFO. The van der Waals surface area contributed by atoms with Crippen molar-refractivity contribution in [1.82, 2.24) is 0 Å². The highest BCUT2D eigenvalue weighted by Crippen LogP contribution is 2.16. The predicted molar refractivity (Wildman–Crippen MR) is 54.8 cm³/mol. The fraction of sp³-hybridized carbons (Fsp3) is 0.200. The Hall–Kier alpha value is -0.670. The van der Waals surface area contributed by atoms with E-state index in [9.17, 15) is 4.39 Å². The van der Waals surface area contributed by atoms with Crippen LogP contribution in [0, 0.1) is 5.82 Å². The van der Waals surface area contributed by atoms with Crippen molar-refractivity contribution in [2.45, 2.75) is 6.42 Å². The van der Waals surface area contributed by atoms with E-state index < -0.39 is 0 Å². The van der Waals surface area contributed by atoms with Gasteiger partial charge in [0.05, 0.1) is 0 Å². The summed E-state index contributed by atoms with van der Waals surface area (Å²) in [6.45, 7) is 0.0919. The summed E-state index contributed by atoms with van der Waals surface area (Å²) < 4.78 is 13.9. The summed E-state index contributed by atoms with van der Waals surface area (Å²) >= 11 is 3.17. The fourth-order valence-electron chi connectivity index (χ4n) is 0.922. The van der Waals surface area contributed by atoms with Crippen molar-refractivity contribution in [3.8, 4) is 0 Å². The molecule has 0 saturated carbocycles. The second kappa shape index (κ2) is 5.14. The van der Waals surface area contributed by atoms with Gasteiger partial charge in [-0.05, 0) is 18.6 Å². The van der Waals surface area contributed by atoms with Crippen LogP contribution in [0.5, 0.6) is 0 Å². The SMILES string of the molecule is OCCC=Cc1ccc(Br)cc1F. The van der Waals surface area contributed by atoms with Crippen LogP contribution < -0.4 is 0 Å². The average Bonchev–Trinajstić information content (AvgIpc) is 2.09. The topological polar surface area (TPSA) is 20.2 Å². The molecule has 0 aliphatic carbocycles. The number of aliphatic hydroxyl groups is 1. The molecule has 0 fully saturated rings. The van der Waals surface area contributed by atoms with Gasteiger partial charge in [-0.2, -0.15) is 0 Å². The first-order valence-electron chi connectivity index (χ1n) is 3.96. The van der Waals surface area contributed by atoms with E-state index in [0.717, 1.165) is 4.47 Å². The van der Waals surface area contributed by atoms with Gasteiger partial charge in [0, 0.05) is 16.6 Å². The largest absolute Gasteiger partial charge is 0.396 e. The summed E-state index contributed by atoms with van der Waals surface area (Å²) in [5.74, 6) is -0.261. The minimum absolute atomic E-state index is 0.0919. The molecule has 0 spiro atoms. The monoisotopic (exact) mass is 244 g/mol. The zero-order chi connectivity index (χ0) is 9.68. The van der Waals surface area contributed by atoms with E-state index in [1.165, 1.54) is 6.07 Å². The molecule has 0 aliphatic heterocycles. The molecule has 13 heavy (non-hydrogen) atoms. The number of hydrogen-bond acceptors (Lipinski definition) is 1. The van der Waals surface area contributed by atoms with Gasteiger partial charge < -0.3 is 5.11 Å². The second-order valence-electron chi connectivity index (χ2n) is 2.58. The highest BCUT2D eigenvalue weighted by Gasteiger charge is 1.97. The maximum Gasteiger partial charge on any atom is 0.131 e. The maximum atomic E-state index is 13.1. The molecule has 1 nitrogen and oxygen atoms in total. The van der Waals surface area contributed by atoms with Crippen LogP contribution >= 0.6 is 15.9 Å². The van der Waals surface area contributed by atoms with Gasteiger partial charge >= 0.3 is 0 Å². The summed E-state index contributed by atoms with van der Waals surface area (Å²) in [4.78, 5) is 0. The van der Waals surface area contributed by atoms with Crippen molar-refractivity contribution in [3.05, 3.63) is 40.1 Å². The van der Waals surface area contributed by atoms with Crippen molar-refractivity contribution in [2.24, 2.45) is 0 Å². The number of hydrogen-bond donors (Lipinski definition) is 1. The van der Waals surface area contributed by atoms with E-state index in [4.69, 9.17) is 5.11 Å². The van der Waals surface area contributed by atoms with Crippen LogP contribution in [0.2, 0.25) is 0 Å². The first-order chi connectivity index (χ1) is 6.24. The van der Waals surface area contributed by atoms with E-state index in [0.29, 0.717) is 12.0 Å². The number of aliphatic hydroxyl groups excluding tert-OH is 1. The van der Waals surface area contributed by atoms with Gasteiger partial charge in [0.25, 0.3) is 0 Å². The van der Waals surface area contributed by atoms with Gasteiger partial charge in [-0.3, -0.25) is 0 Å². The normalized spacial score (nSPS) is 11.0. The van der Waals surface area contributed by atoms with Gasteiger partial charge in [-0.25, -0.2) is 4.39 Å². The van der Waals surface area contributed by atoms with Gasteiger partial charge in [0.1, 0.15) is 5.82 Å². The quantitative estimate of drug-likeness (QED) is 0.867. The third-order valence-electron chi connectivity index (χ3n) is 1.56. The molecule has 1 N–H and O–H groups in total. The molecular weight excluding hydrogens is 235 g/mol. The first-order valence-corrected chi connectivity index (χ1v) is 4.76. The van der Waals surface area contributed by atoms with Crippen molar-refractivity contribution < 1.29 is 9.50 Å². The van der Waals surface area contributed by atoms with Crippen molar-refractivity contribution in [1.29, 1.82) is 0 Å². The van der Waals surface area contributed by atoms with E-state index >= 15 is 0 Å². The molecule has 70 valence electrons. The van der Waals surface area contributed by atoms with Crippen LogP contribution in [0.1, 0.15) is 12.0 Å². The summed E-state index contributed by atoms with van der Waals surface area (Å²) in [7, 11) is 0. The van der Waals surface area contributed by atoms with E-state index in [1.54, 1.807) is 24.3 Å². The molecule has 0 radical (unpaired) electrons. The minimum atomic E-state index is -0.261. The summed E-state index contributed by atoms with van der Waals surface area (Å²) in [5.41, 5.74) is 0.539. The lowest BCUT2D eigenvalue weighted by molar-refractivity contribution is 0.303. The van der Waals surface area contributed by atoms with Crippen molar-refractivity contribution in [3.63, 3.8) is 0 Å². The molecule has 0 unspecified atom stereocenters.